The minimum Gasteiger partial charge on any atom is -0.506 e. The summed E-state index contributed by atoms with van der Waals surface area (Å²) in [5.41, 5.74) is 1.25. The molecule has 14 heavy (non-hydrogen) atoms. The molecule has 2 aromatic rings. The summed E-state index contributed by atoms with van der Waals surface area (Å²) in [6, 6.07) is 3.45. The summed E-state index contributed by atoms with van der Waals surface area (Å²) in [6.45, 7) is 1.88. The zero-order valence-corrected chi connectivity index (χ0v) is 8.25. The number of aryl methyl sites for hydroxylation is 1. The molecule has 0 saturated carbocycles. The van der Waals surface area contributed by atoms with E-state index in [4.69, 9.17) is 5.21 Å². The number of fused-ring (bicyclic) bond motifs is 1. The maximum absolute atomic E-state index is 9.76. The lowest BCUT2D eigenvalue weighted by Crippen LogP contribution is -1.82. The van der Waals surface area contributed by atoms with E-state index in [1.54, 1.807) is 12.1 Å². The second kappa shape index (κ2) is 3.26. The highest BCUT2D eigenvalue weighted by Gasteiger charge is 2.08. The Morgan fingerprint density at radius 1 is 1.50 bits per heavy atom. The van der Waals surface area contributed by atoms with Crippen LogP contribution in [0.2, 0.25) is 0 Å². The van der Waals surface area contributed by atoms with Gasteiger partial charge in [0.1, 0.15) is 5.75 Å². The van der Waals surface area contributed by atoms with E-state index in [1.807, 2.05) is 6.92 Å². The molecule has 0 radical (unpaired) electrons. The number of aromatic hydroxyl groups is 1. The Morgan fingerprint density at radius 2 is 2.29 bits per heavy atom. The third kappa shape index (κ3) is 1.31. The van der Waals surface area contributed by atoms with Crippen LogP contribution in [0.15, 0.2) is 17.3 Å². The smallest absolute Gasteiger partial charge is 0.143 e. The van der Waals surface area contributed by atoms with Gasteiger partial charge in [0.15, 0.2) is 0 Å². The zero-order chi connectivity index (χ0) is 10.1. The fourth-order valence-corrected chi connectivity index (χ4v) is 2.14. The maximum Gasteiger partial charge on any atom is 0.143 e. The number of nitrogens with zero attached hydrogens (tertiary/aromatic N) is 2. The van der Waals surface area contributed by atoms with Crippen LogP contribution in [0.3, 0.4) is 0 Å². The number of phenols is 1. The van der Waals surface area contributed by atoms with Crippen molar-refractivity contribution in [2.75, 3.05) is 0 Å². The van der Waals surface area contributed by atoms with Gasteiger partial charge in [-0.05, 0) is 19.1 Å². The Labute approximate surface area is 84.1 Å². The van der Waals surface area contributed by atoms with Gasteiger partial charge in [-0.3, -0.25) is 0 Å². The molecule has 1 heterocycles. The molecule has 0 aliphatic heterocycles. The number of rotatable bonds is 1. The molecule has 2 N–H and O–H groups in total. The van der Waals surface area contributed by atoms with Crippen LogP contribution in [0.5, 0.6) is 5.75 Å². The quantitative estimate of drug-likeness (QED) is 0.428. The summed E-state index contributed by atoms with van der Waals surface area (Å²) in [6.07, 6.45) is 1.20. The van der Waals surface area contributed by atoms with Gasteiger partial charge >= 0.3 is 0 Å². The Hall–Kier alpha value is -1.62. The first kappa shape index (κ1) is 8.96. The lowest BCUT2D eigenvalue weighted by atomic mass is 10.2. The number of oxime groups is 1. The van der Waals surface area contributed by atoms with Crippen LogP contribution in [-0.4, -0.2) is 21.5 Å². The predicted molar refractivity (Wildman–Crippen MR) is 55.4 cm³/mol. The summed E-state index contributed by atoms with van der Waals surface area (Å²) in [7, 11) is 0. The predicted octanol–water partition coefficient (Wildman–Crippen LogP) is 2.12. The SMILES string of the molecule is Cc1nc2ccc(/C=N/O)c(O)c2s1. The van der Waals surface area contributed by atoms with Crippen LogP contribution >= 0.6 is 11.3 Å². The van der Waals surface area contributed by atoms with Gasteiger partial charge in [0.2, 0.25) is 0 Å². The second-order valence-electron chi connectivity index (χ2n) is 2.83. The number of hydrogen-bond donors (Lipinski definition) is 2. The van der Waals surface area contributed by atoms with E-state index in [0.717, 1.165) is 15.2 Å². The van der Waals surface area contributed by atoms with Crippen molar-refractivity contribution in [2.24, 2.45) is 5.16 Å². The minimum atomic E-state index is 0.117. The average Bonchev–Trinajstić information content (AvgIpc) is 2.52. The van der Waals surface area contributed by atoms with E-state index >= 15 is 0 Å². The van der Waals surface area contributed by atoms with Crippen LogP contribution in [-0.2, 0) is 0 Å². The van der Waals surface area contributed by atoms with Crippen LogP contribution in [0.25, 0.3) is 10.2 Å². The van der Waals surface area contributed by atoms with E-state index in [-0.39, 0.29) is 5.75 Å². The number of benzene rings is 1. The van der Waals surface area contributed by atoms with Gasteiger partial charge < -0.3 is 10.3 Å². The molecule has 0 fully saturated rings. The molecule has 0 bridgehead atoms. The highest BCUT2D eigenvalue weighted by Crippen LogP contribution is 2.32. The number of thiazole rings is 1. The van der Waals surface area contributed by atoms with E-state index in [2.05, 4.69) is 10.1 Å². The van der Waals surface area contributed by atoms with Gasteiger partial charge in [-0.15, -0.1) is 11.3 Å². The maximum atomic E-state index is 9.76. The molecule has 2 rings (SSSR count). The largest absolute Gasteiger partial charge is 0.506 e. The standard InChI is InChI=1S/C9H8N2O2S/c1-5-11-7-3-2-6(4-10-13)8(12)9(7)14-5/h2-4,12-13H,1H3/b10-4+. The molecule has 0 unspecified atom stereocenters. The fraction of sp³-hybridized carbons (Fsp3) is 0.111. The summed E-state index contributed by atoms with van der Waals surface area (Å²) in [4.78, 5) is 4.23. The molecule has 0 atom stereocenters. The molecule has 4 nitrogen and oxygen atoms in total. The Morgan fingerprint density at radius 3 is 3.00 bits per heavy atom. The lowest BCUT2D eigenvalue weighted by Gasteiger charge is -1.97. The lowest BCUT2D eigenvalue weighted by molar-refractivity contribution is 0.321. The molecule has 1 aromatic heterocycles. The summed E-state index contributed by atoms with van der Waals surface area (Å²) in [5.74, 6) is 0.117. The normalized spacial score (nSPS) is 11.5. The van der Waals surface area contributed by atoms with Crippen molar-refractivity contribution in [2.45, 2.75) is 6.92 Å². The molecule has 5 heteroatoms. The van der Waals surface area contributed by atoms with Crippen LogP contribution < -0.4 is 0 Å². The van der Waals surface area contributed by atoms with Crippen molar-refractivity contribution in [1.29, 1.82) is 0 Å². The van der Waals surface area contributed by atoms with Crippen molar-refractivity contribution in [3.63, 3.8) is 0 Å². The molecule has 1 aromatic carbocycles. The first-order valence-corrected chi connectivity index (χ1v) is 4.80. The second-order valence-corrected chi connectivity index (χ2v) is 4.03. The van der Waals surface area contributed by atoms with E-state index in [1.165, 1.54) is 17.6 Å². The van der Waals surface area contributed by atoms with Gasteiger partial charge in [0.25, 0.3) is 0 Å². The zero-order valence-electron chi connectivity index (χ0n) is 7.43. The van der Waals surface area contributed by atoms with Gasteiger partial charge in [-0.25, -0.2) is 4.98 Å². The summed E-state index contributed by atoms with van der Waals surface area (Å²) >= 11 is 1.41. The van der Waals surface area contributed by atoms with Gasteiger partial charge in [-0.2, -0.15) is 0 Å². The fourth-order valence-electron chi connectivity index (χ4n) is 1.27. The van der Waals surface area contributed by atoms with E-state index < -0.39 is 0 Å². The van der Waals surface area contributed by atoms with Crippen molar-refractivity contribution < 1.29 is 10.3 Å². The first-order chi connectivity index (χ1) is 6.72. The highest BCUT2D eigenvalue weighted by atomic mass is 32.1. The first-order valence-electron chi connectivity index (χ1n) is 3.99. The van der Waals surface area contributed by atoms with Crippen molar-refractivity contribution in [3.8, 4) is 5.75 Å². The van der Waals surface area contributed by atoms with E-state index in [9.17, 15) is 5.11 Å². The Balaban J connectivity index is 2.73. The van der Waals surface area contributed by atoms with Crippen molar-refractivity contribution in [1.82, 2.24) is 4.98 Å². The Bertz CT molecular complexity index is 505. The molecule has 0 aliphatic rings. The van der Waals surface area contributed by atoms with Gasteiger partial charge in [0, 0.05) is 5.56 Å². The molecule has 0 spiro atoms. The molecule has 0 amide bonds. The molecular weight excluding hydrogens is 200 g/mol. The molecule has 0 saturated heterocycles. The van der Waals surface area contributed by atoms with Crippen LogP contribution in [0.4, 0.5) is 0 Å². The topological polar surface area (TPSA) is 65.7 Å². The van der Waals surface area contributed by atoms with E-state index in [0.29, 0.717) is 5.56 Å². The summed E-state index contributed by atoms with van der Waals surface area (Å²) in [5, 5.41) is 21.9. The molecular formula is C9H8N2O2S. The highest BCUT2D eigenvalue weighted by molar-refractivity contribution is 7.18. The third-order valence-corrected chi connectivity index (χ3v) is 2.86. The van der Waals surface area contributed by atoms with Crippen molar-refractivity contribution in [3.05, 3.63) is 22.7 Å². The number of hydrogen-bond acceptors (Lipinski definition) is 5. The monoisotopic (exact) mass is 208 g/mol. The van der Waals surface area contributed by atoms with Gasteiger partial charge in [0.05, 0.1) is 21.4 Å². The Kier molecular flexibility index (Phi) is 2.09. The van der Waals surface area contributed by atoms with Crippen molar-refractivity contribution >= 4 is 27.8 Å². The molecule has 72 valence electrons. The van der Waals surface area contributed by atoms with Gasteiger partial charge in [-0.1, -0.05) is 5.16 Å². The third-order valence-electron chi connectivity index (χ3n) is 1.87. The minimum absolute atomic E-state index is 0.117. The summed E-state index contributed by atoms with van der Waals surface area (Å²) < 4.78 is 0.722. The number of aromatic nitrogens is 1. The molecule has 0 aliphatic carbocycles. The number of phenolic OH excluding ortho intramolecular Hbond substituents is 1. The van der Waals surface area contributed by atoms with Crippen LogP contribution in [0, 0.1) is 6.92 Å². The van der Waals surface area contributed by atoms with Crippen LogP contribution in [0.1, 0.15) is 10.6 Å². The average molecular weight is 208 g/mol.